The molecule has 0 radical (unpaired) electrons. The molecule has 3 nitrogen and oxygen atoms in total. The van der Waals surface area contributed by atoms with E-state index in [1.54, 1.807) is 0 Å². The first-order chi connectivity index (χ1) is 7.91. The Labute approximate surface area is 105 Å². The van der Waals surface area contributed by atoms with Crippen LogP contribution in [0.2, 0.25) is 0 Å². The first-order valence-corrected chi connectivity index (χ1v) is 6.73. The lowest BCUT2D eigenvalue weighted by Gasteiger charge is -2.40. The van der Waals surface area contributed by atoms with Crippen molar-refractivity contribution < 1.29 is 5.11 Å². The molecule has 98 valence electrons. The summed E-state index contributed by atoms with van der Waals surface area (Å²) in [7, 11) is 0. The molecular formula is C14H26N2O. The zero-order valence-electron chi connectivity index (χ0n) is 11.4. The number of nitriles is 1. The molecule has 0 bridgehead atoms. The fraction of sp³-hybridized carbons (Fsp3) is 0.929. The largest absolute Gasteiger partial charge is 0.389 e. The lowest BCUT2D eigenvalue weighted by molar-refractivity contribution is -0.0260. The zero-order chi connectivity index (χ0) is 12.9. The molecule has 1 aliphatic rings. The Morgan fingerprint density at radius 3 is 2.35 bits per heavy atom. The van der Waals surface area contributed by atoms with Crippen LogP contribution in [0.25, 0.3) is 0 Å². The van der Waals surface area contributed by atoms with Crippen molar-refractivity contribution in [2.75, 3.05) is 6.54 Å². The molecule has 3 heteroatoms. The molecule has 17 heavy (non-hydrogen) atoms. The predicted molar refractivity (Wildman–Crippen MR) is 69.5 cm³/mol. The Hall–Kier alpha value is -0.590. The lowest BCUT2D eigenvalue weighted by atomic mass is 9.71. The van der Waals surface area contributed by atoms with Gasteiger partial charge >= 0.3 is 0 Å². The lowest BCUT2D eigenvalue weighted by Crippen LogP contribution is -2.47. The van der Waals surface area contributed by atoms with Crippen LogP contribution >= 0.6 is 0 Å². The van der Waals surface area contributed by atoms with Crippen molar-refractivity contribution in [3.05, 3.63) is 0 Å². The standard InChI is InChI=1S/C14H26N2O/c1-4-12(5-10-15)16-11-14(17)8-6-13(2,3)7-9-14/h12,16-17H,4-9,11H2,1-3H3. The topological polar surface area (TPSA) is 56.0 Å². The minimum atomic E-state index is -0.557. The van der Waals surface area contributed by atoms with E-state index < -0.39 is 5.60 Å². The number of rotatable bonds is 5. The third-order valence-electron chi connectivity index (χ3n) is 4.08. The SMILES string of the molecule is CCC(CC#N)NCC1(O)CCC(C)(C)CC1. The highest BCUT2D eigenvalue weighted by Gasteiger charge is 2.36. The summed E-state index contributed by atoms with van der Waals surface area (Å²) in [5.41, 5.74) is -0.179. The van der Waals surface area contributed by atoms with Gasteiger partial charge in [0.15, 0.2) is 0 Å². The first kappa shape index (κ1) is 14.5. The van der Waals surface area contributed by atoms with Crippen LogP contribution in [0.4, 0.5) is 0 Å². The summed E-state index contributed by atoms with van der Waals surface area (Å²) < 4.78 is 0. The van der Waals surface area contributed by atoms with Gasteiger partial charge in [0.25, 0.3) is 0 Å². The summed E-state index contributed by atoms with van der Waals surface area (Å²) in [6.07, 6.45) is 5.37. The van der Waals surface area contributed by atoms with E-state index in [-0.39, 0.29) is 6.04 Å². The van der Waals surface area contributed by atoms with E-state index in [0.29, 0.717) is 18.4 Å². The summed E-state index contributed by atoms with van der Waals surface area (Å²) in [6, 6.07) is 2.41. The number of aliphatic hydroxyl groups is 1. The second-order valence-electron chi connectivity index (χ2n) is 6.24. The molecule has 2 N–H and O–H groups in total. The van der Waals surface area contributed by atoms with E-state index >= 15 is 0 Å². The second-order valence-corrected chi connectivity index (χ2v) is 6.24. The quantitative estimate of drug-likeness (QED) is 0.774. The van der Waals surface area contributed by atoms with Crippen molar-refractivity contribution in [3.8, 4) is 6.07 Å². The van der Waals surface area contributed by atoms with Gasteiger partial charge in [0.05, 0.1) is 18.1 Å². The molecule has 1 fully saturated rings. The minimum absolute atomic E-state index is 0.221. The zero-order valence-corrected chi connectivity index (χ0v) is 11.4. The van der Waals surface area contributed by atoms with E-state index in [4.69, 9.17) is 5.26 Å². The molecule has 0 aromatic carbocycles. The summed E-state index contributed by atoms with van der Waals surface area (Å²) in [6.45, 7) is 7.24. The van der Waals surface area contributed by atoms with E-state index in [9.17, 15) is 5.11 Å². The van der Waals surface area contributed by atoms with Crippen LogP contribution in [0.5, 0.6) is 0 Å². The van der Waals surface area contributed by atoms with Crippen molar-refractivity contribution >= 4 is 0 Å². The highest BCUT2D eigenvalue weighted by molar-refractivity contribution is 4.92. The Balaban J connectivity index is 2.38. The molecule has 0 aliphatic heterocycles. The Kier molecular flexibility index (Phi) is 4.97. The van der Waals surface area contributed by atoms with Crippen molar-refractivity contribution in [2.45, 2.75) is 70.9 Å². The van der Waals surface area contributed by atoms with Gasteiger partial charge in [-0.1, -0.05) is 20.8 Å². The molecule has 1 saturated carbocycles. The van der Waals surface area contributed by atoms with Gasteiger partial charge in [-0.2, -0.15) is 5.26 Å². The average molecular weight is 238 g/mol. The number of hydrogen-bond donors (Lipinski definition) is 2. The number of nitrogens with zero attached hydrogens (tertiary/aromatic N) is 1. The maximum Gasteiger partial charge on any atom is 0.0772 e. The monoisotopic (exact) mass is 238 g/mol. The maximum atomic E-state index is 10.5. The first-order valence-electron chi connectivity index (χ1n) is 6.73. The van der Waals surface area contributed by atoms with Crippen LogP contribution in [0.3, 0.4) is 0 Å². The van der Waals surface area contributed by atoms with Crippen LogP contribution < -0.4 is 5.32 Å². The molecule has 0 amide bonds. The molecule has 1 unspecified atom stereocenters. The Morgan fingerprint density at radius 1 is 1.29 bits per heavy atom. The van der Waals surface area contributed by atoms with Crippen LogP contribution in [0.1, 0.15) is 59.3 Å². The predicted octanol–water partition coefficient (Wildman–Crippen LogP) is 2.60. The van der Waals surface area contributed by atoms with Crippen molar-refractivity contribution in [1.29, 1.82) is 5.26 Å². The van der Waals surface area contributed by atoms with E-state index in [1.165, 1.54) is 0 Å². The van der Waals surface area contributed by atoms with Crippen LogP contribution in [0, 0.1) is 16.7 Å². The second kappa shape index (κ2) is 5.84. The Bertz CT molecular complexity index is 270. The van der Waals surface area contributed by atoms with Gasteiger partial charge < -0.3 is 10.4 Å². The van der Waals surface area contributed by atoms with Crippen molar-refractivity contribution in [3.63, 3.8) is 0 Å². The highest BCUT2D eigenvalue weighted by atomic mass is 16.3. The average Bonchev–Trinajstić information content (AvgIpc) is 2.29. The van der Waals surface area contributed by atoms with Gasteiger partial charge in [0, 0.05) is 12.6 Å². The third kappa shape index (κ3) is 4.65. The molecule has 1 rings (SSSR count). The molecule has 0 aromatic heterocycles. The van der Waals surface area contributed by atoms with Gasteiger partial charge in [-0.25, -0.2) is 0 Å². The summed E-state index contributed by atoms with van der Waals surface area (Å²) in [4.78, 5) is 0. The molecule has 0 heterocycles. The molecule has 0 spiro atoms. The molecular weight excluding hydrogens is 212 g/mol. The van der Waals surface area contributed by atoms with Gasteiger partial charge in [0.1, 0.15) is 0 Å². The smallest absolute Gasteiger partial charge is 0.0772 e. The summed E-state index contributed by atoms with van der Waals surface area (Å²) in [5, 5.41) is 22.5. The Morgan fingerprint density at radius 2 is 1.88 bits per heavy atom. The van der Waals surface area contributed by atoms with Gasteiger partial charge in [0.2, 0.25) is 0 Å². The summed E-state index contributed by atoms with van der Waals surface area (Å²) >= 11 is 0. The van der Waals surface area contributed by atoms with Gasteiger partial charge in [-0.15, -0.1) is 0 Å². The normalized spacial score (nSPS) is 23.9. The van der Waals surface area contributed by atoms with E-state index in [0.717, 1.165) is 32.1 Å². The highest BCUT2D eigenvalue weighted by Crippen LogP contribution is 2.39. The van der Waals surface area contributed by atoms with Crippen molar-refractivity contribution in [2.24, 2.45) is 5.41 Å². The third-order valence-corrected chi connectivity index (χ3v) is 4.08. The minimum Gasteiger partial charge on any atom is -0.389 e. The molecule has 0 saturated heterocycles. The van der Waals surface area contributed by atoms with E-state index in [2.05, 4.69) is 32.2 Å². The fourth-order valence-electron chi connectivity index (χ4n) is 2.37. The van der Waals surface area contributed by atoms with Crippen LogP contribution in [-0.4, -0.2) is 23.3 Å². The maximum absolute atomic E-state index is 10.5. The summed E-state index contributed by atoms with van der Waals surface area (Å²) in [5.74, 6) is 0. The van der Waals surface area contributed by atoms with Crippen LogP contribution in [-0.2, 0) is 0 Å². The van der Waals surface area contributed by atoms with E-state index in [1.807, 2.05) is 0 Å². The molecule has 1 atom stereocenters. The van der Waals surface area contributed by atoms with Crippen molar-refractivity contribution in [1.82, 2.24) is 5.32 Å². The number of nitrogens with one attached hydrogen (secondary N) is 1. The van der Waals surface area contributed by atoms with Gasteiger partial charge in [-0.05, 0) is 37.5 Å². The molecule has 1 aliphatic carbocycles. The molecule has 0 aromatic rings. The number of hydrogen-bond acceptors (Lipinski definition) is 3. The van der Waals surface area contributed by atoms with Gasteiger partial charge in [-0.3, -0.25) is 0 Å². The fourth-order valence-corrected chi connectivity index (χ4v) is 2.37. The van der Waals surface area contributed by atoms with Crippen LogP contribution in [0.15, 0.2) is 0 Å².